The number of carbonyl (C=O) groups excluding carboxylic acids is 1. The highest BCUT2D eigenvalue weighted by atomic mass is 31.1. The van der Waals surface area contributed by atoms with Gasteiger partial charge in [0, 0.05) is 17.7 Å². The van der Waals surface area contributed by atoms with Crippen molar-refractivity contribution in [3.63, 3.8) is 0 Å². The maximum atomic E-state index is 13.7. The smallest absolute Gasteiger partial charge is 0.186 e. The van der Waals surface area contributed by atoms with Crippen LogP contribution in [0.15, 0.2) is 121 Å². The van der Waals surface area contributed by atoms with Gasteiger partial charge in [0.25, 0.3) is 0 Å². The van der Waals surface area contributed by atoms with E-state index in [9.17, 15) is 4.79 Å². The van der Waals surface area contributed by atoms with E-state index in [0.29, 0.717) is 39.8 Å². The number of carbonyl (C=O) groups is 1. The Balaban J connectivity index is 1.62. The van der Waals surface area contributed by atoms with E-state index in [1.54, 1.807) is 0 Å². The monoisotopic (exact) mass is 518 g/mol. The van der Waals surface area contributed by atoms with Crippen molar-refractivity contribution in [1.82, 2.24) is 0 Å². The molecule has 0 aliphatic carbocycles. The van der Waals surface area contributed by atoms with Gasteiger partial charge >= 0.3 is 0 Å². The molecule has 5 aromatic rings. The molecule has 5 heteroatoms. The van der Waals surface area contributed by atoms with E-state index in [-0.39, 0.29) is 14.1 Å². The minimum Gasteiger partial charge on any atom is -0.457 e. The van der Waals surface area contributed by atoms with Crippen molar-refractivity contribution in [2.24, 2.45) is 0 Å². The standard InChI is InChI=1S/C33H27O4P/c1-23-13-12-14-24(2)31(23)33(34)38-32-29(36-26-17-8-4-9-18-26)21-28(35-25-15-6-3-7-16-25)22-30(32)37-27-19-10-5-11-20-27/h3-22,38H,1-2H3. The molecule has 0 aromatic heterocycles. The number of hydrogen-bond acceptors (Lipinski definition) is 4. The fourth-order valence-corrected chi connectivity index (χ4v) is 5.35. The molecule has 0 saturated heterocycles. The van der Waals surface area contributed by atoms with E-state index in [4.69, 9.17) is 14.2 Å². The van der Waals surface area contributed by atoms with Crippen molar-refractivity contribution >= 4 is 19.4 Å². The third kappa shape index (κ3) is 6.11. The predicted molar refractivity (Wildman–Crippen MR) is 154 cm³/mol. The van der Waals surface area contributed by atoms with Crippen molar-refractivity contribution in [1.29, 1.82) is 0 Å². The average molecular weight is 519 g/mol. The molecule has 0 fully saturated rings. The van der Waals surface area contributed by atoms with Gasteiger partial charge in [-0.2, -0.15) is 0 Å². The third-order valence-corrected chi connectivity index (χ3v) is 7.13. The quantitative estimate of drug-likeness (QED) is 0.183. The van der Waals surface area contributed by atoms with Crippen LogP contribution in [-0.2, 0) is 0 Å². The molecule has 0 heterocycles. The second-order valence-electron chi connectivity index (χ2n) is 8.76. The molecule has 0 radical (unpaired) electrons. The van der Waals surface area contributed by atoms with Gasteiger partial charge in [-0.1, -0.05) is 72.8 Å². The van der Waals surface area contributed by atoms with Crippen LogP contribution in [0, 0.1) is 13.8 Å². The zero-order valence-electron chi connectivity index (χ0n) is 21.2. The summed E-state index contributed by atoms with van der Waals surface area (Å²) in [6.07, 6.45) is 0. The Kier molecular flexibility index (Phi) is 7.82. The molecule has 0 saturated carbocycles. The summed E-state index contributed by atoms with van der Waals surface area (Å²) in [5.41, 5.74) is 2.64. The maximum Gasteiger partial charge on any atom is 0.186 e. The molecule has 0 aliphatic rings. The highest BCUT2D eigenvalue weighted by Gasteiger charge is 2.22. The molecule has 5 rings (SSSR count). The lowest BCUT2D eigenvalue weighted by molar-refractivity contribution is 0.108. The van der Waals surface area contributed by atoms with Crippen LogP contribution in [0.3, 0.4) is 0 Å². The van der Waals surface area contributed by atoms with E-state index in [1.165, 1.54) is 0 Å². The van der Waals surface area contributed by atoms with Gasteiger partial charge < -0.3 is 14.2 Å². The lowest BCUT2D eigenvalue weighted by Crippen LogP contribution is -2.10. The number of aryl methyl sites for hydroxylation is 2. The molecule has 1 atom stereocenters. The molecule has 188 valence electrons. The van der Waals surface area contributed by atoms with Gasteiger partial charge in [0.05, 0.1) is 5.30 Å². The Morgan fingerprint density at radius 2 is 0.947 bits per heavy atom. The SMILES string of the molecule is Cc1cccc(C)c1C(=O)Pc1c(Oc2ccccc2)cc(Oc2ccccc2)cc1Oc1ccccc1. The van der Waals surface area contributed by atoms with Gasteiger partial charge in [-0.15, -0.1) is 0 Å². The van der Waals surface area contributed by atoms with E-state index < -0.39 is 0 Å². The molecule has 0 aliphatic heterocycles. The summed E-state index contributed by atoms with van der Waals surface area (Å²) >= 11 is 0. The molecule has 1 unspecified atom stereocenters. The number of ether oxygens (including phenoxy) is 3. The molecule has 5 aromatic carbocycles. The van der Waals surface area contributed by atoms with Crippen LogP contribution in [0.4, 0.5) is 0 Å². The van der Waals surface area contributed by atoms with Gasteiger partial charge in [0.2, 0.25) is 0 Å². The molecular formula is C33H27O4P. The van der Waals surface area contributed by atoms with E-state index in [2.05, 4.69) is 0 Å². The summed E-state index contributed by atoms with van der Waals surface area (Å²) in [7, 11) is -0.231. The van der Waals surface area contributed by atoms with E-state index in [0.717, 1.165) is 16.7 Å². The van der Waals surface area contributed by atoms with Crippen LogP contribution >= 0.6 is 8.58 Å². The van der Waals surface area contributed by atoms with Crippen LogP contribution in [-0.4, -0.2) is 5.52 Å². The fraction of sp³-hybridized carbons (Fsp3) is 0.0606. The van der Waals surface area contributed by atoms with Crippen LogP contribution < -0.4 is 19.5 Å². The first-order chi connectivity index (χ1) is 18.6. The summed E-state index contributed by atoms with van der Waals surface area (Å²) in [6, 6.07) is 38.1. The average Bonchev–Trinajstić information content (AvgIpc) is 2.92. The summed E-state index contributed by atoms with van der Waals surface area (Å²) in [5.74, 6) is 3.55. The minimum absolute atomic E-state index is 0.0214. The number of benzene rings is 5. The molecular weight excluding hydrogens is 491 g/mol. The maximum absolute atomic E-state index is 13.7. The van der Waals surface area contributed by atoms with E-state index >= 15 is 0 Å². The zero-order valence-corrected chi connectivity index (χ0v) is 22.2. The summed E-state index contributed by atoms with van der Waals surface area (Å²) in [6.45, 7) is 3.93. The molecule has 38 heavy (non-hydrogen) atoms. The van der Waals surface area contributed by atoms with Gasteiger partial charge in [-0.25, -0.2) is 0 Å². The minimum atomic E-state index is -0.231. The van der Waals surface area contributed by atoms with Crippen LogP contribution in [0.5, 0.6) is 34.5 Å². The van der Waals surface area contributed by atoms with Crippen LogP contribution in [0.2, 0.25) is 0 Å². The second-order valence-corrected chi connectivity index (χ2v) is 9.96. The van der Waals surface area contributed by atoms with Crippen molar-refractivity contribution in [2.45, 2.75) is 13.8 Å². The lowest BCUT2D eigenvalue weighted by Gasteiger charge is -2.19. The third-order valence-electron chi connectivity index (χ3n) is 5.91. The predicted octanol–water partition coefficient (Wildman–Crippen LogP) is 8.82. The number of hydrogen-bond donors (Lipinski definition) is 0. The van der Waals surface area contributed by atoms with Gasteiger partial charge in [0.15, 0.2) is 5.52 Å². The van der Waals surface area contributed by atoms with Crippen molar-refractivity contribution < 1.29 is 19.0 Å². The molecule has 0 spiro atoms. The normalized spacial score (nSPS) is 10.9. The molecule has 0 N–H and O–H groups in total. The van der Waals surface area contributed by atoms with Crippen molar-refractivity contribution in [3.8, 4) is 34.5 Å². The largest absolute Gasteiger partial charge is 0.457 e. The molecule has 0 bridgehead atoms. The number of para-hydroxylation sites is 3. The van der Waals surface area contributed by atoms with Crippen molar-refractivity contribution in [2.75, 3.05) is 0 Å². The summed E-state index contributed by atoms with van der Waals surface area (Å²) in [4.78, 5) is 13.7. The second kappa shape index (κ2) is 11.8. The number of rotatable bonds is 9. The first-order valence-corrected chi connectivity index (χ1v) is 13.3. The molecule has 4 nitrogen and oxygen atoms in total. The Hall–Kier alpha value is -4.40. The van der Waals surface area contributed by atoms with E-state index in [1.807, 2.05) is 135 Å². The topological polar surface area (TPSA) is 44.8 Å². The van der Waals surface area contributed by atoms with Gasteiger partial charge in [-0.05, 0) is 70.0 Å². The Morgan fingerprint density at radius 3 is 1.39 bits per heavy atom. The molecule has 0 amide bonds. The first kappa shape index (κ1) is 25.3. The summed E-state index contributed by atoms with van der Waals surface area (Å²) in [5, 5.41) is 0.672. The summed E-state index contributed by atoms with van der Waals surface area (Å²) < 4.78 is 18.9. The first-order valence-electron chi connectivity index (χ1n) is 12.3. The van der Waals surface area contributed by atoms with Crippen LogP contribution in [0.1, 0.15) is 21.5 Å². The Labute approximate surface area is 224 Å². The Bertz CT molecular complexity index is 1450. The zero-order chi connectivity index (χ0) is 26.3. The van der Waals surface area contributed by atoms with Gasteiger partial charge in [-0.3, -0.25) is 4.79 Å². The Morgan fingerprint density at radius 1 is 0.526 bits per heavy atom. The fourth-order valence-electron chi connectivity index (χ4n) is 4.11. The highest BCUT2D eigenvalue weighted by molar-refractivity contribution is 7.66. The van der Waals surface area contributed by atoms with Crippen LogP contribution in [0.25, 0.3) is 0 Å². The van der Waals surface area contributed by atoms with Crippen molar-refractivity contribution in [3.05, 3.63) is 138 Å². The van der Waals surface area contributed by atoms with Gasteiger partial charge in [0.1, 0.15) is 34.5 Å². The lowest BCUT2D eigenvalue weighted by atomic mass is 10.0. The highest BCUT2D eigenvalue weighted by Crippen LogP contribution is 2.39.